The number of amides is 1. The number of nitrogens with one attached hydrogen (secondary N) is 2. The molecule has 0 atom stereocenters. The summed E-state index contributed by atoms with van der Waals surface area (Å²) < 4.78 is 12.1. The number of fused-ring (bicyclic) bond motifs is 1. The average molecular weight is 417 g/mol. The number of piperidine rings is 1. The molecule has 0 aromatic heterocycles. The van der Waals surface area contributed by atoms with E-state index >= 15 is 0 Å². The predicted octanol–water partition coefficient (Wildman–Crippen LogP) is 2.59. The number of benzene rings is 1. The summed E-state index contributed by atoms with van der Waals surface area (Å²) in [5, 5.41) is 6.11. The number of hydrogen-bond donors (Lipinski definition) is 2. The van der Waals surface area contributed by atoms with Gasteiger partial charge >= 0.3 is 0 Å². The van der Waals surface area contributed by atoms with E-state index in [0.29, 0.717) is 25.5 Å². The van der Waals surface area contributed by atoms with Crippen molar-refractivity contribution < 1.29 is 14.3 Å². The predicted molar refractivity (Wildman–Crippen MR) is 119 cm³/mol. The minimum atomic E-state index is -0.178. The number of nitrogens with zero attached hydrogens (tertiary/aromatic N) is 2. The Bertz CT molecular complexity index is 755. The number of rotatable bonds is 7. The van der Waals surface area contributed by atoms with Gasteiger partial charge in [0.15, 0.2) is 17.5 Å². The zero-order chi connectivity index (χ0) is 21.6. The summed E-state index contributed by atoms with van der Waals surface area (Å²) in [5.74, 6) is 3.18. The minimum absolute atomic E-state index is 0.130. The van der Waals surface area contributed by atoms with Crippen LogP contribution in [0.15, 0.2) is 23.2 Å². The van der Waals surface area contributed by atoms with Crippen molar-refractivity contribution in [3.8, 4) is 11.5 Å². The van der Waals surface area contributed by atoms with Crippen LogP contribution in [0.3, 0.4) is 0 Å². The average Bonchev–Trinajstić information content (AvgIpc) is 3.05. The third-order valence-electron chi connectivity index (χ3n) is 5.67. The maximum atomic E-state index is 11.6. The molecule has 1 aromatic rings. The number of carbonyl (C=O) groups is 1. The topological polar surface area (TPSA) is 75.2 Å². The van der Waals surface area contributed by atoms with E-state index in [1.165, 1.54) is 5.56 Å². The van der Waals surface area contributed by atoms with Crippen molar-refractivity contribution in [3.05, 3.63) is 23.8 Å². The normalized spacial score (nSPS) is 18.5. The lowest BCUT2D eigenvalue weighted by Crippen LogP contribution is -2.46. The summed E-state index contributed by atoms with van der Waals surface area (Å²) in [6.07, 6.45) is 3.54. The van der Waals surface area contributed by atoms with Crippen LogP contribution < -0.4 is 20.1 Å². The molecular weight excluding hydrogens is 380 g/mol. The fraction of sp³-hybridized carbons (Fsp3) is 0.652. The number of carbonyl (C=O) groups excluding carboxylic acids is 1. The molecule has 0 bridgehead atoms. The monoisotopic (exact) mass is 416 g/mol. The summed E-state index contributed by atoms with van der Waals surface area (Å²) in [6, 6.07) is 6.09. The molecule has 0 aliphatic carbocycles. The molecule has 0 saturated carbocycles. The number of aliphatic imine (C=N–C) groups is 1. The molecule has 0 spiro atoms. The van der Waals surface area contributed by atoms with Crippen molar-refractivity contribution in [2.75, 3.05) is 39.8 Å². The van der Waals surface area contributed by atoms with Crippen molar-refractivity contribution in [2.24, 2.45) is 10.9 Å². The van der Waals surface area contributed by atoms with Crippen LogP contribution in [0.1, 0.15) is 45.6 Å². The number of ether oxygens (including phenoxy) is 2. The van der Waals surface area contributed by atoms with Crippen LogP contribution in [0.4, 0.5) is 0 Å². The Hall–Kier alpha value is -2.44. The highest BCUT2D eigenvalue weighted by atomic mass is 16.5. The molecule has 2 aliphatic rings. The highest BCUT2D eigenvalue weighted by Gasteiger charge is 2.32. The number of guanidine groups is 1. The van der Waals surface area contributed by atoms with E-state index in [4.69, 9.17) is 14.5 Å². The fourth-order valence-corrected chi connectivity index (χ4v) is 4.15. The van der Waals surface area contributed by atoms with Gasteiger partial charge in [0.25, 0.3) is 0 Å². The highest BCUT2D eigenvalue weighted by molar-refractivity contribution is 5.80. The summed E-state index contributed by atoms with van der Waals surface area (Å²) in [6.45, 7) is 10.0. The molecule has 1 amide bonds. The summed E-state index contributed by atoms with van der Waals surface area (Å²) in [4.78, 5) is 18.7. The van der Waals surface area contributed by atoms with Crippen LogP contribution in [-0.2, 0) is 11.2 Å². The lowest BCUT2D eigenvalue weighted by atomic mass is 9.93. The van der Waals surface area contributed by atoms with Crippen LogP contribution >= 0.6 is 0 Å². The SMILES string of the molecule is CCNC(=NCCOc1cccc2c1OC(C)(C)C2)N1CCC(CC(=O)NC)CC1. The molecule has 7 nitrogen and oxygen atoms in total. The maximum Gasteiger partial charge on any atom is 0.220 e. The van der Waals surface area contributed by atoms with Crippen LogP contribution in [0.2, 0.25) is 0 Å². The largest absolute Gasteiger partial charge is 0.488 e. The molecule has 7 heteroatoms. The van der Waals surface area contributed by atoms with Gasteiger partial charge in [-0.15, -0.1) is 0 Å². The van der Waals surface area contributed by atoms with Crippen LogP contribution in [0.5, 0.6) is 11.5 Å². The first kappa shape index (κ1) is 22.2. The Labute approximate surface area is 180 Å². The Morgan fingerprint density at radius 2 is 2.10 bits per heavy atom. The molecule has 166 valence electrons. The molecule has 2 aliphatic heterocycles. The first-order chi connectivity index (χ1) is 14.4. The highest BCUT2D eigenvalue weighted by Crippen LogP contribution is 2.41. The summed E-state index contributed by atoms with van der Waals surface area (Å²) in [7, 11) is 1.70. The zero-order valence-corrected chi connectivity index (χ0v) is 18.8. The molecule has 3 rings (SSSR count). The number of likely N-dealkylation sites (tertiary alicyclic amines) is 1. The van der Waals surface area contributed by atoms with Crippen molar-refractivity contribution in [3.63, 3.8) is 0 Å². The van der Waals surface area contributed by atoms with Gasteiger partial charge < -0.3 is 25.0 Å². The molecular formula is C23H36N4O3. The summed E-state index contributed by atoms with van der Waals surface area (Å²) >= 11 is 0. The minimum Gasteiger partial charge on any atom is -0.488 e. The lowest BCUT2D eigenvalue weighted by Gasteiger charge is -2.34. The van der Waals surface area contributed by atoms with Crippen molar-refractivity contribution in [2.45, 2.75) is 52.1 Å². The van der Waals surface area contributed by atoms with Gasteiger partial charge in [-0.1, -0.05) is 12.1 Å². The third kappa shape index (κ3) is 5.80. The van der Waals surface area contributed by atoms with E-state index < -0.39 is 0 Å². The van der Waals surface area contributed by atoms with E-state index in [-0.39, 0.29) is 11.5 Å². The van der Waals surface area contributed by atoms with Gasteiger partial charge in [-0.3, -0.25) is 4.79 Å². The quantitative estimate of drug-likeness (QED) is 0.406. The van der Waals surface area contributed by atoms with Crippen molar-refractivity contribution >= 4 is 11.9 Å². The van der Waals surface area contributed by atoms with Gasteiger partial charge in [0.1, 0.15) is 12.2 Å². The van der Waals surface area contributed by atoms with E-state index in [1.54, 1.807) is 7.05 Å². The van der Waals surface area contributed by atoms with Crippen LogP contribution in [0.25, 0.3) is 0 Å². The first-order valence-electron chi connectivity index (χ1n) is 11.1. The van der Waals surface area contributed by atoms with Crippen molar-refractivity contribution in [1.29, 1.82) is 0 Å². The van der Waals surface area contributed by atoms with Gasteiger partial charge in [0, 0.05) is 45.1 Å². The molecule has 1 saturated heterocycles. The molecule has 2 N–H and O–H groups in total. The molecule has 1 aromatic carbocycles. The van der Waals surface area contributed by atoms with E-state index in [1.807, 2.05) is 12.1 Å². The van der Waals surface area contributed by atoms with Gasteiger partial charge in [0.2, 0.25) is 5.91 Å². The summed E-state index contributed by atoms with van der Waals surface area (Å²) in [5.41, 5.74) is 1.02. The second-order valence-electron chi connectivity index (χ2n) is 8.67. The molecule has 0 unspecified atom stereocenters. The Morgan fingerprint density at radius 1 is 1.33 bits per heavy atom. The zero-order valence-electron chi connectivity index (χ0n) is 18.8. The Kier molecular flexibility index (Phi) is 7.45. The molecule has 0 radical (unpaired) electrons. The van der Waals surface area contributed by atoms with Crippen LogP contribution in [-0.4, -0.2) is 62.2 Å². The Morgan fingerprint density at radius 3 is 2.80 bits per heavy atom. The first-order valence-corrected chi connectivity index (χ1v) is 11.1. The van der Waals surface area contributed by atoms with E-state index in [0.717, 1.165) is 56.4 Å². The standard InChI is InChI=1S/C23H36N4O3/c1-5-25-22(27-12-9-17(10-13-27)15-20(28)24-4)26-11-14-29-19-8-6-7-18-16-23(2,3)30-21(18)19/h6-8,17H,5,9-16H2,1-4H3,(H,24,28)(H,25,26). The Balaban J connectivity index is 1.51. The van der Waals surface area contributed by atoms with Gasteiger partial charge in [-0.2, -0.15) is 0 Å². The molecule has 1 fully saturated rings. The van der Waals surface area contributed by atoms with Gasteiger partial charge in [-0.05, 0) is 45.6 Å². The third-order valence-corrected chi connectivity index (χ3v) is 5.67. The number of hydrogen-bond acceptors (Lipinski definition) is 4. The fourth-order valence-electron chi connectivity index (χ4n) is 4.15. The maximum absolute atomic E-state index is 11.6. The van der Waals surface area contributed by atoms with Gasteiger partial charge in [0.05, 0.1) is 6.54 Å². The molecule has 2 heterocycles. The number of para-hydroxylation sites is 1. The van der Waals surface area contributed by atoms with Gasteiger partial charge in [-0.25, -0.2) is 4.99 Å². The second-order valence-corrected chi connectivity index (χ2v) is 8.67. The molecule has 30 heavy (non-hydrogen) atoms. The van der Waals surface area contributed by atoms with Crippen LogP contribution in [0, 0.1) is 5.92 Å². The second kappa shape index (κ2) is 10.0. The lowest BCUT2D eigenvalue weighted by molar-refractivity contribution is -0.121. The smallest absolute Gasteiger partial charge is 0.220 e. The van der Waals surface area contributed by atoms with Crippen molar-refractivity contribution in [1.82, 2.24) is 15.5 Å². The van der Waals surface area contributed by atoms with E-state index in [9.17, 15) is 4.79 Å². The van der Waals surface area contributed by atoms with E-state index in [2.05, 4.69) is 42.4 Å².